The molecule has 0 aliphatic rings. The summed E-state index contributed by atoms with van der Waals surface area (Å²) in [6.07, 6.45) is -4.33. The van der Waals surface area contributed by atoms with Crippen molar-refractivity contribution in [3.63, 3.8) is 0 Å². The first-order valence-corrected chi connectivity index (χ1v) is 8.96. The fourth-order valence-corrected chi connectivity index (χ4v) is 2.85. The molecule has 0 atom stereocenters. The Bertz CT molecular complexity index is 906. The third-order valence-corrected chi connectivity index (χ3v) is 4.46. The van der Waals surface area contributed by atoms with Gasteiger partial charge < -0.3 is 10.1 Å². The van der Waals surface area contributed by atoms with Gasteiger partial charge >= 0.3 is 6.18 Å². The van der Waals surface area contributed by atoms with Crippen molar-refractivity contribution in [3.8, 4) is 5.75 Å². The fourth-order valence-electron chi connectivity index (χ4n) is 2.85. The molecule has 0 amide bonds. The first-order chi connectivity index (χ1) is 13.4. The van der Waals surface area contributed by atoms with E-state index in [2.05, 4.69) is 20.4 Å². The van der Waals surface area contributed by atoms with E-state index in [1.807, 2.05) is 32.3 Å². The molecular weight excluding hydrogens is 369 g/mol. The topological polar surface area (TPSA) is 53.2 Å². The summed E-state index contributed by atoms with van der Waals surface area (Å²) in [6, 6.07) is 10.6. The van der Waals surface area contributed by atoms with Gasteiger partial charge in [-0.15, -0.1) is 0 Å². The summed E-state index contributed by atoms with van der Waals surface area (Å²) in [6.45, 7) is 2.68. The molecule has 0 fully saturated rings. The molecule has 1 heterocycles. The lowest BCUT2D eigenvalue weighted by atomic mass is 10.1. The van der Waals surface area contributed by atoms with Crippen LogP contribution in [0.4, 0.5) is 13.2 Å². The van der Waals surface area contributed by atoms with E-state index in [1.165, 1.54) is 12.1 Å². The molecule has 3 rings (SSSR count). The number of benzene rings is 2. The van der Waals surface area contributed by atoms with Gasteiger partial charge in [-0.25, -0.2) is 0 Å². The van der Waals surface area contributed by atoms with Crippen LogP contribution in [0.2, 0.25) is 0 Å². The van der Waals surface area contributed by atoms with E-state index in [4.69, 9.17) is 4.74 Å². The van der Waals surface area contributed by atoms with E-state index >= 15 is 0 Å². The maximum atomic E-state index is 12.6. The van der Waals surface area contributed by atoms with Gasteiger partial charge in [-0.05, 0) is 50.0 Å². The number of nitrogens with zero attached hydrogens (tertiary/aromatic N) is 2. The van der Waals surface area contributed by atoms with Crippen molar-refractivity contribution in [2.45, 2.75) is 19.3 Å². The molecule has 0 spiro atoms. The van der Waals surface area contributed by atoms with Crippen LogP contribution in [0.15, 0.2) is 42.5 Å². The van der Waals surface area contributed by atoms with E-state index in [0.717, 1.165) is 41.8 Å². The van der Waals surface area contributed by atoms with Crippen LogP contribution in [-0.4, -0.2) is 42.3 Å². The van der Waals surface area contributed by atoms with Crippen molar-refractivity contribution in [2.24, 2.45) is 0 Å². The van der Waals surface area contributed by atoms with Crippen LogP contribution < -0.4 is 10.1 Å². The molecule has 0 aliphatic carbocycles. The lowest BCUT2D eigenvalue weighted by molar-refractivity contribution is -0.137. The van der Waals surface area contributed by atoms with Crippen molar-refractivity contribution in [2.75, 3.05) is 27.2 Å². The van der Waals surface area contributed by atoms with Crippen LogP contribution in [0, 0.1) is 0 Å². The number of aromatic nitrogens is 2. The van der Waals surface area contributed by atoms with Gasteiger partial charge in [0, 0.05) is 25.0 Å². The van der Waals surface area contributed by atoms with Gasteiger partial charge in [-0.1, -0.05) is 12.1 Å². The smallest absolute Gasteiger partial charge is 0.416 e. The SMILES string of the molecule is CNCCN(C)Cc1n[nH]c2ccc(OCc3ccc(C(F)(F)F)cc3)cc12. The fraction of sp³-hybridized carbons (Fsp3) is 0.350. The second-order valence-electron chi connectivity index (χ2n) is 6.70. The largest absolute Gasteiger partial charge is 0.489 e. The molecule has 28 heavy (non-hydrogen) atoms. The Morgan fingerprint density at radius 2 is 1.89 bits per heavy atom. The van der Waals surface area contributed by atoms with Crippen molar-refractivity contribution in [3.05, 3.63) is 59.3 Å². The summed E-state index contributed by atoms with van der Waals surface area (Å²) >= 11 is 0. The van der Waals surface area contributed by atoms with Crippen molar-refractivity contribution >= 4 is 10.9 Å². The molecule has 0 bridgehead atoms. The minimum absolute atomic E-state index is 0.193. The number of hydrogen-bond donors (Lipinski definition) is 2. The molecule has 0 saturated heterocycles. The van der Waals surface area contributed by atoms with Gasteiger partial charge in [0.15, 0.2) is 0 Å². The minimum Gasteiger partial charge on any atom is -0.489 e. The number of ether oxygens (including phenoxy) is 1. The third-order valence-electron chi connectivity index (χ3n) is 4.46. The summed E-state index contributed by atoms with van der Waals surface area (Å²) < 4.78 is 43.7. The summed E-state index contributed by atoms with van der Waals surface area (Å²) in [5.41, 5.74) is 1.85. The lowest BCUT2D eigenvalue weighted by Gasteiger charge is -2.15. The highest BCUT2D eigenvalue weighted by atomic mass is 19.4. The minimum atomic E-state index is -4.33. The Morgan fingerprint density at radius 3 is 2.57 bits per heavy atom. The van der Waals surface area contributed by atoms with Gasteiger partial charge in [0.2, 0.25) is 0 Å². The van der Waals surface area contributed by atoms with Crippen molar-refractivity contribution in [1.82, 2.24) is 20.4 Å². The molecule has 0 unspecified atom stereocenters. The Balaban J connectivity index is 1.67. The third kappa shape index (κ3) is 5.02. The molecule has 2 aromatic carbocycles. The number of rotatable bonds is 8. The first kappa shape index (κ1) is 20.2. The highest BCUT2D eigenvalue weighted by Gasteiger charge is 2.29. The Kier molecular flexibility index (Phi) is 6.21. The predicted octanol–water partition coefficient (Wildman–Crippen LogP) is 3.81. The number of halogens is 3. The van der Waals surface area contributed by atoms with Crippen LogP contribution in [0.25, 0.3) is 10.9 Å². The molecular formula is C20H23F3N4O. The summed E-state index contributed by atoms with van der Waals surface area (Å²) in [5.74, 6) is 0.646. The maximum absolute atomic E-state index is 12.6. The van der Waals surface area contributed by atoms with Gasteiger partial charge in [0.25, 0.3) is 0 Å². The molecule has 2 N–H and O–H groups in total. The highest BCUT2D eigenvalue weighted by Crippen LogP contribution is 2.29. The monoisotopic (exact) mass is 392 g/mol. The molecule has 3 aromatic rings. The van der Waals surface area contributed by atoms with E-state index in [9.17, 15) is 13.2 Å². The van der Waals surface area contributed by atoms with Crippen LogP contribution in [-0.2, 0) is 19.3 Å². The molecule has 0 radical (unpaired) electrons. The summed E-state index contributed by atoms with van der Waals surface area (Å²) in [7, 11) is 3.95. The van der Waals surface area contributed by atoms with E-state index in [-0.39, 0.29) is 6.61 Å². The Labute approximate surface area is 161 Å². The van der Waals surface area contributed by atoms with Gasteiger partial charge in [-0.2, -0.15) is 18.3 Å². The summed E-state index contributed by atoms with van der Waals surface area (Å²) in [4.78, 5) is 2.17. The number of fused-ring (bicyclic) bond motifs is 1. The summed E-state index contributed by atoms with van der Waals surface area (Å²) in [5, 5.41) is 11.5. The number of H-pyrrole nitrogens is 1. The quantitative estimate of drug-likeness (QED) is 0.612. The zero-order valence-corrected chi connectivity index (χ0v) is 15.8. The second kappa shape index (κ2) is 8.62. The number of nitrogens with one attached hydrogen (secondary N) is 2. The molecule has 1 aromatic heterocycles. The van der Waals surface area contributed by atoms with Gasteiger partial charge in [0.1, 0.15) is 12.4 Å². The zero-order chi connectivity index (χ0) is 20.1. The van der Waals surface area contributed by atoms with E-state index in [0.29, 0.717) is 17.9 Å². The standard InChI is InChI=1S/C20H23F3N4O/c1-24-9-10-27(2)12-19-17-11-16(7-8-18(17)25-26-19)28-13-14-3-5-15(6-4-14)20(21,22)23/h3-8,11,24H,9-10,12-13H2,1-2H3,(H,25,26). The highest BCUT2D eigenvalue weighted by molar-refractivity contribution is 5.82. The van der Waals surface area contributed by atoms with Crippen molar-refractivity contribution < 1.29 is 17.9 Å². The molecule has 0 aliphatic heterocycles. The number of likely N-dealkylation sites (N-methyl/N-ethyl adjacent to an activating group) is 2. The predicted molar refractivity (Wildman–Crippen MR) is 102 cm³/mol. The van der Waals surface area contributed by atoms with Crippen LogP contribution in [0.3, 0.4) is 0 Å². The first-order valence-electron chi connectivity index (χ1n) is 8.96. The van der Waals surface area contributed by atoms with Crippen LogP contribution in [0.1, 0.15) is 16.8 Å². The molecule has 150 valence electrons. The molecule has 5 nitrogen and oxygen atoms in total. The van der Waals surface area contributed by atoms with Crippen molar-refractivity contribution in [1.29, 1.82) is 0 Å². The molecule has 8 heteroatoms. The average molecular weight is 392 g/mol. The van der Waals surface area contributed by atoms with Gasteiger partial charge in [-0.3, -0.25) is 10.00 Å². The number of hydrogen-bond acceptors (Lipinski definition) is 4. The number of aromatic amines is 1. The van der Waals surface area contributed by atoms with Crippen LogP contribution >= 0.6 is 0 Å². The average Bonchev–Trinajstić information content (AvgIpc) is 3.06. The Morgan fingerprint density at radius 1 is 1.14 bits per heavy atom. The molecule has 0 saturated carbocycles. The maximum Gasteiger partial charge on any atom is 0.416 e. The Hall–Kier alpha value is -2.58. The zero-order valence-electron chi connectivity index (χ0n) is 15.8. The lowest BCUT2D eigenvalue weighted by Crippen LogP contribution is -2.27. The second-order valence-corrected chi connectivity index (χ2v) is 6.70. The normalized spacial score (nSPS) is 12.1. The van der Waals surface area contributed by atoms with E-state index in [1.54, 1.807) is 0 Å². The number of alkyl halides is 3. The van der Waals surface area contributed by atoms with Crippen LogP contribution in [0.5, 0.6) is 5.75 Å². The van der Waals surface area contributed by atoms with E-state index < -0.39 is 11.7 Å². The van der Waals surface area contributed by atoms with Gasteiger partial charge in [0.05, 0.1) is 16.8 Å².